The van der Waals surface area contributed by atoms with Crippen LogP contribution >= 0.6 is 11.8 Å². The zero-order valence-corrected chi connectivity index (χ0v) is 15.7. The highest BCUT2D eigenvalue weighted by Crippen LogP contribution is 2.31. The number of hydrogen-bond acceptors (Lipinski definition) is 4. The number of carbonyl (C=O) groups is 1. The van der Waals surface area contributed by atoms with Crippen LogP contribution < -0.4 is 9.47 Å². The zero-order chi connectivity index (χ0) is 20.9. The molecule has 0 bridgehead atoms. The number of halogens is 3. The number of benzene rings is 3. The van der Waals surface area contributed by atoms with Crippen molar-refractivity contribution in [2.24, 2.45) is 0 Å². The average Bonchev–Trinajstić information content (AvgIpc) is 2.63. The first-order chi connectivity index (χ1) is 13.8. The standard InChI is InChI=1S/C21H15F3O4S/c22-21(23,24)28-17-6-4-15(5-7-17)27-16-8-10-18(11-9-16)29-19-3-1-2-14(12-19)13-20(25)26/h1-12H,13H2,(H,25,26). The van der Waals surface area contributed by atoms with Gasteiger partial charge in [0, 0.05) is 9.79 Å². The Labute approximate surface area is 168 Å². The molecule has 3 aromatic rings. The Morgan fingerprint density at radius 1 is 0.862 bits per heavy atom. The summed E-state index contributed by atoms with van der Waals surface area (Å²) >= 11 is 1.48. The summed E-state index contributed by atoms with van der Waals surface area (Å²) in [5.74, 6) is -0.298. The van der Waals surface area contributed by atoms with Crippen LogP contribution in [0, 0.1) is 0 Å². The van der Waals surface area contributed by atoms with Gasteiger partial charge in [0.05, 0.1) is 6.42 Å². The fourth-order valence-electron chi connectivity index (χ4n) is 2.45. The van der Waals surface area contributed by atoms with E-state index in [1.165, 1.54) is 36.0 Å². The summed E-state index contributed by atoms with van der Waals surface area (Å²) in [5, 5.41) is 8.89. The third-order valence-corrected chi connectivity index (χ3v) is 4.60. The van der Waals surface area contributed by atoms with E-state index in [9.17, 15) is 18.0 Å². The van der Waals surface area contributed by atoms with Crippen molar-refractivity contribution in [1.29, 1.82) is 0 Å². The van der Waals surface area contributed by atoms with E-state index in [0.717, 1.165) is 15.4 Å². The van der Waals surface area contributed by atoms with Crippen LogP contribution in [-0.4, -0.2) is 17.4 Å². The molecule has 0 amide bonds. The second kappa shape index (κ2) is 8.91. The highest BCUT2D eigenvalue weighted by Gasteiger charge is 2.30. The van der Waals surface area contributed by atoms with Gasteiger partial charge in [-0.15, -0.1) is 13.2 Å². The maximum atomic E-state index is 12.2. The fourth-order valence-corrected chi connectivity index (χ4v) is 3.35. The summed E-state index contributed by atoms with van der Waals surface area (Å²) in [6.45, 7) is 0. The minimum atomic E-state index is -4.73. The zero-order valence-electron chi connectivity index (χ0n) is 14.8. The maximum absolute atomic E-state index is 12.2. The van der Waals surface area contributed by atoms with E-state index >= 15 is 0 Å². The molecule has 29 heavy (non-hydrogen) atoms. The van der Waals surface area contributed by atoms with Crippen LogP contribution in [0.25, 0.3) is 0 Å². The number of aliphatic carboxylic acids is 1. The van der Waals surface area contributed by atoms with Crippen LogP contribution in [0.2, 0.25) is 0 Å². The topological polar surface area (TPSA) is 55.8 Å². The van der Waals surface area contributed by atoms with E-state index in [0.29, 0.717) is 11.5 Å². The van der Waals surface area contributed by atoms with E-state index in [1.807, 2.05) is 30.3 Å². The number of hydrogen-bond donors (Lipinski definition) is 1. The van der Waals surface area contributed by atoms with Gasteiger partial charge >= 0.3 is 12.3 Å². The molecule has 0 saturated heterocycles. The van der Waals surface area contributed by atoms with Crippen LogP contribution in [0.4, 0.5) is 13.2 Å². The minimum Gasteiger partial charge on any atom is -0.481 e. The molecule has 0 atom stereocenters. The predicted octanol–water partition coefficient (Wildman–Crippen LogP) is 6.16. The van der Waals surface area contributed by atoms with Gasteiger partial charge in [0.1, 0.15) is 17.2 Å². The highest BCUT2D eigenvalue weighted by atomic mass is 32.2. The van der Waals surface area contributed by atoms with Gasteiger partial charge in [-0.25, -0.2) is 0 Å². The first kappa shape index (κ1) is 20.6. The van der Waals surface area contributed by atoms with Crippen LogP contribution in [0.5, 0.6) is 17.2 Å². The normalized spacial score (nSPS) is 11.1. The van der Waals surface area contributed by atoms with Crippen LogP contribution in [0.1, 0.15) is 5.56 Å². The van der Waals surface area contributed by atoms with Crippen molar-refractivity contribution < 1.29 is 32.5 Å². The van der Waals surface area contributed by atoms with Gasteiger partial charge in [-0.1, -0.05) is 23.9 Å². The summed E-state index contributed by atoms with van der Waals surface area (Å²) in [6.07, 6.45) is -4.77. The molecule has 0 spiro atoms. The van der Waals surface area contributed by atoms with Gasteiger partial charge in [-0.3, -0.25) is 4.79 Å². The monoisotopic (exact) mass is 420 g/mol. The van der Waals surface area contributed by atoms with Crippen molar-refractivity contribution in [1.82, 2.24) is 0 Å². The molecular weight excluding hydrogens is 405 g/mol. The Balaban J connectivity index is 1.61. The molecule has 4 nitrogen and oxygen atoms in total. The van der Waals surface area contributed by atoms with Crippen molar-refractivity contribution in [3.63, 3.8) is 0 Å². The number of rotatable bonds is 7. The van der Waals surface area contributed by atoms with Gasteiger partial charge in [0.15, 0.2) is 0 Å². The molecule has 1 N–H and O–H groups in total. The molecule has 3 rings (SSSR count). The Bertz CT molecular complexity index is 970. The van der Waals surface area contributed by atoms with E-state index in [-0.39, 0.29) is 12.2 Å². The Hall–Kier alpha value is -3.13. The lowest BCUT2D eigenvalue weighted by molar-refractivity contribution is -0.274. The molecule has 0 heterocycles. The molecule has 0 aliphatic heterocycles. The maximum Gasteiger partial charge on any atom is 0.573 e. The van der Waals surface area contributed by atoms with Crippen molar-refractivity contribution >= 4 is 17.7 Å². The molecule has 0 aliphatic rings. The fraction of sp³-hybridized carbons (Fsp3) is 0.0952. The van der Waals surface area contributed by atoms with Crippen LogP contribution in [0.15, 0.2) is 82.6 Å². The molecule has 0 fully saturated rings. The summed E-state index contributed by atoms with van der Waals surface area (Å²) in [4.78, 5) is 12.7. The van der Waals surface area contributed by atoms with Gasteiger partial charge in [-0.05, 0) is 66.2 Å². The molecular formula is C21H15F3O4S. The average molecular weight is 420 g/mol. The van der Waals surface area contributed by atoms with Gasteiger partial charge in [0.25, 0.3) is 0 Å². The lowest BCUT2D eigenvalue weighted by Gasteiger charge is -2.10. The van der Waals surface area contributed by atoms with E-state index in [1.54, 1.807) is 18.2 Å². The lowest BCUT2D eigenvalue weighted by Crippen LogP contribution is -2.16. The number of carboxylic acids is 1. The van der Waals surface area contributed by atoms with Gasteiger partial charge in [0.2, 0.25) is 0 Å². The molecule has 0 saturated carbocycles. The first-order valence-electron chi connectivity index (χ1n) is 8.39. The van der Waals surface area contributed by atoms with E-state index in [4.69, 9.17) is 9.84 Å². The minimum absolute atomic E-state index is 0.0338. The third kappa shape index (κ3) is 6.76. The number of alkyl halides is 3. The molecule has 0 aliphatic carbocycles. The second-order valence-corrected chi connectivity index (χ2v) is 7.06. The molecule has 150 valence electrons. The van der Waals surface area contributed by atoms with Crippen LogP contribution in [-0.2, 0) is 11.2 Å². The van der Waals surface area contributed by atoms with Crippen molar-refractivity contribution in [3.8, 4) is 17.2 Å². The Kier molecular flexibility index (Phi) is 6.33. The van der Waals surface area contributed by atoms with Crippen LogP contribution in [0.3, 0.4) is 0 Å². The first-order valence-corrected chi connectivity index (χ1v) is 9.21. The summed E-state index contributed by atoms with van der Waals surface area (Å²) < 4.78 is 46.0. The molecule has 0 radical (unpaired) electrons. The largest absolute Gasteiger partial charge is 0.573 e. The summed E-state index contributed by atoms with van der Waals surface area (Å²) in [5.41, 5.74) is 0.723. The quantitative estimate of drug-likeness (QED) is 0.496. The number of ether oxygens (including phenoxy) is 2. The third-order valence-electron chi connectivity index (χ3n) is 3.61. The Morgan fingerprint density at radius 3 is 2.03 bits per heavy atom. The SMILES string of the molecule is O=C(O)Cc1cccc(Sc2ccc(Oc3ccc(OC(F)(F)F)cc3)cc2)c1. The van der Waals surface area contributed by atoms with Gasteiger partial charge < -0.3 is 14.6 Å². The smallest absolute Gasteiger partial charge is 0.481 e. The predicted molar refractivity (Wildman–Crippen MR) is 102 cm³/mol. The summed E-state index contributed by atoms with van der Waals surface area (Å²) in [7, 11) is 0. The number of carboxylic acid groups (broad SMARTS) is 1. The van der Waals surface area contributed by atoms with Crippen molar-refractivity contribution in [2.75, 3.05) is 0 Å². The van der Waals surface area contributed by atoms with E-state index in [2.05, 4.69) is 4.74 Å². The molecule has 0 unspecified atom stereocenters. The van der Waals surface area contributed by atoms with Crippen molar-refractivity contribution in [2.45, 2.75) is 22.6 Å². The van der Waals surface area contributed by atoms with E-state index < -0.39 is 12.3 Å². The summed E-state index contributed by atoms with van der Waals surface area (Å²) in [6, 6.07) is 19.6. The lowest BCUT2D eigenvalue weighted by atomic mass is 10.2. The molecule has 8 heteroatoms. The van der Waals surface area contributed by atoms with Gasteiger partial charge in [-0.2, -0.15) is 0 Å². The molecule has 0 aromatic heterocycles. The second-order valence-electron chi connectivity index (χ2n) is 5.91. The Morgan fingerprint density at radius 2 is 1.45 bits per heavy atom. The van der Waals surface area contributed by atoms with Crippen molar-refractivity contribution in [3.05, 3.63) is 78.4 Å². The molecule has 3 aromatic carbocycles. The highest BCUT2D eigenvalue weighted by molar-refractivity contribution is 7.99.